The molecule has 0 unspecified atom stereocenters. The third-order valence-corrected chi connectivity index (χ3v) is 3.66. The fraction of sp³-hybridized carbons (Fsp3) is 0.400. The predicted molar refractivity (Wildman–Crippen MR) is 78.1 cm³/mol. The van der Waals surface area contributed by atoms with Crippen molar-refractivity contribution >= 4 is 21.7 Å². The SMILES string of the molecule is CCC(=CC(=O)Cc1cc(OC)ccc1Br)CC. The van der Waals surface area contributed by atoms with Gasteiger partial charge in [-0.3, -0.25) is 4.79 Å². The molecule has 0 saturated carbocycles. The van der Waals surface area contributed by atoms with Crippen molar-refractivity contribution in [3.63, 3.8) is 0 Å². The summed E-state index contributed by atoms with van der Waals surface area (Å²) in [7, 11) is 1.63. The van der Waals surface area contributed by atoms with Gasteiger partial charge in [-0.2, -0.15) is 0 Å². The molecule has 0 amide bonds. The van der Waals surface area contributed by atoms with Gasteiger partial charge in [0.15, 0.2) is 5.78 Å². The number of carbonyl (C=O) groups excluding carboxylic acids is 1. The maximum atomic E-state index is 12.0. The molecule has 0 aliphatic rings. The molecule has 18 heavy (non-hydrogen) atoms. The van der Waals surface area contributed by atoms with Crippen LogP contribution >= 0.6 is 15.9 Å². The van der Waals surface area contributed by atoms with Gasteiger partial charge in [-0.15, -0.1) is 0 Å². The Kier molecular flexibility index (Phi) is 6.13. The molecule has 1 aromatic rings. The standard InChI is InChI=1S/C15H19BrO2/c1-4-11(5-2)8-13(17)9-12-10-14(18-3)6-7-15(12)16/h6-8,10H,4-5,9H2,1-3H3. The summed E-state index contributed by atoms with van der Waals surface area (Å²) in [6.45, 7) is 4.15. The van der Waals surface area contributed by atoms with Crippen molar-refractivity contribution in [1.29, 1.82) is 0 Å². The van der Waals surface area contributed by atoms with Crippen molar-refractivity contribution in [2.45, 2.75) is 33.1 Å². The van der Waals surface area contributed by atoms with E-state index < -0.39 is 0 Å². The highest BCUT2D eigenvalue weighted by molar-refractivity contribution is 9.10. The summed E-state index contributed by atoms with van der Waals surface area (Å²) in [5, 5.41) is 0. The first-order valence-electron chi connectivity index (χ1n) is 6.15. The van der Waals surface area contributed by atoms with Crippen LogP contribution in [0.15, 0.2) is 34.3 Å². The second-order valence-corrected chi connectivity index (χ2v) is 4.96. The van der Waals surface area contributed by atoms with Crippen LogP contribution in [0.25, 0.3) is 0 Å². The number of halogens is 1. The summed E-state index contributed by atoms with van der Waals surface area (Å²) in [5.74, 6) is 0.916. The summed E-state index contributed by atoms with van der Waals surface area (Å²) in [4.78, 5) is 12.0. The summed E-state index contributed by atoms with van der Waals surface area (Å²) >= 11 is 3.46. The third-order valence-electron chi connectivity index (χ3n) is 2.89. The fourth-order valence-electron chi connectivity index (χ4n) is 1.73. The molecule has 0 atom stereocenters. The number of hydrogen-bond acceptors (Lipinski definition) is 2. The zero-order chi connectivity index (χ0) is 13.5. The molecule has 0 aliphatic heterocycles. The van der Waals surface area contributed by atoms with Gasteiger partial charge in [0.05, 0.1) is 7.11 Å². The van der Waals surface area contributed by atoms with E-state index in [9.17, 15) is 4.79 Å². The zero-order valence-electron chi connectivity index (χ0n) is 11.1. The molecular formula is C15H19BrO2. The monoisotopic (exact) mass is 310 g/mol. The summed E-state index contributed by atoms with van der Waals surface area (Å²) < 4.78 is 6.11. The van der Waals surface area contributed by atoms with Gasteiger partial charge in [0.1, 0.15) is 5.75 Å². The van der Waals surface area contributed by atoms with E-state index in [1.54, 1.807) is 13.2 Å². The van der Waals surface area contributed by atoms with Crippen LogP contribution in [-0.2, 0) is 11.2 Å². The first-order valence-corrected chi connectivity index (χ1v) is 6.94. The van der Waals surface area contributed by atoms with Crippen LogP contribution in [0.3, 0.4) is 0 Å². The molecule has 1 aromatic carbocycles. The lowest BCUT2D eigenvalue weighted by molar-refractivity contribution is -0.114. The van der Waals surface area contributed by atoms with Crippen molar-refractivity contribution in [2.24, 2.45) is 0 Å². The largest absolute Gasteiger partial charge is 0.497 e. The molecule has 0 saturated heterocycles. The first kappa shape index (κ1) is 15.0. The Bertz CT molecular complexity index is 444. The molecule has 0 N–H and O–H groups in total. The van der Waals surface area contributed by atoms with Crippen LogP contribution in [-0.4, -0.2) is 12.9 Å². The van der Waals surface area contributed by atoms with E-state index >= 15 is 0 Å². The Morgan fingerprint density at radius 3 is 2.56 bits per heavy atom. The molecule has 0 aliphatic carbocycles. The molecule has 0 spiro atoms. The summed E-state index contributed by atoms with van der Waals surface area (Å²) in [6.07, 6.45) is 4.04. The maximum absolute atomic E-state index is 12.0. The molecule has 0 bridgehead atoms. The lowest BCUT2D eigenvalue weighted by Crippen LogP contribution is -2.01. The first-order chi connectivity index (χ1) is 8.60. The van der Waals surface area contributed by atoms with Crippen LogP contribution in [0.4, 0.5) is 0 Å². The van der Waals surface area contributed by atoms with E-state index in [0.29, 0.717) is 6.42 Å². The minimum Gasteiger partial charge on any atom is -0.497 e. The van der Waals surface area contributed by atoms with Gasteiger partial charge >= 0.3 is 0 Å². The minimum absolute atomic E-state index is 0.141. The molecular weight excluding hydrogens is 292 g/mol. The van der Waals surface area contributed by atoms with Crippen LogP contribution in [0.5, 0.6) is 5.75 Å². The average Bonchev–Trinajstić information content (AvgIpc) is 2.38. The van der Waals surface area contributed by atoms with Gasteiger partial charge in [0.25, 0.3) is 0 Å². The van der Waals surface area contributed by atoms with Crippen LogP contribution in [0, 0.1) is 0 Å². The van der Waals surface area contributed by atoms with Gasteiger partial charge in [-0.05, 0) is 42.7 Å². The van der Waals surface area contributed by atoms with E-state index in [1.165, 1.54) is 5.57 Å². The quantitative estimate of drug-likeness (QED) is 0.732. The summed E-state index contributed by atoms with van der Waals surface area (Å²) in [6, 6.07) is 5.68. The van der Waals surface area contributed by atoms with Crippen LogP contribution in [0.1, 0.15) is 32.3 Å². The summed E-state index contributed by atoms with van der Waals surface area (Å²) in [5.41, 5.74) is 2.15. The molecule has 0 radical (unpaired) electrons. The van der Waals surface area contributed by atoms with E-state index in [1.807, 2.05) is 18.2 Å². The number of ether oxygens (including phenoxy) is 1. The molecule has 3 heteroatoms. The second-order valence-electron chi connectivity index (χ2n) is 4.11. The smallest absolute Gasteiger partial charge is 0.160 e. The van der Waals surface area contributed by atoms with Crippen molar-refractivity contribution in [2.75, 3.05) is 7.11 Å². The van der Waals surface area contributed by atoms with E-state index in [4.69, 9.17) is 4.74 Å². The highest BCUT2D eigenvalue weighted by Crippen LogP contribution is 2.23. The minimum atomic E-state index is 0.141. The molecule has 2 nitrogen and oxygen atoms in total. The number of benzene rings is 1. The third kappa shape index (κ3) is 4.30. The Morgan fingerprint density at radius 2 is 2.00 bits per heavy atom. The number of hydrogen-bond donors (Lipinski definition) is 0. The predicted octanol–water partition coefficient (Wildman–Crippen LogP) is 4.32. The number of carbonyl (C=O) groups is 1. The number of allylic oxidation sites excluding steroid dienone is 2. The van der Waals surface area contributed by atoms with E-state index in [2.05, 4.69) is 29.8 Å². The lowest BCUT2D eigenvalue weighted by Gasteiger charge is -2.06. The number of rotatable bonds is 6. The van der Waals surface area contributed by atoms with Gasteiger partial charge in [0, 0.05) is 10.9 Å². The van der Waals surface area contributed by atoms with E-state index in [0.717, 1.165) is 28.6 Å². The van der Waals surface area contributed by atoms with Gasteiger partial charge < -0.3 is 4.74 Å². The Hall–Kier alpha value is -1.09. The molecule has 0 fully saturated rings. The fourth-order valence-corrected chi connectivity index (χ4v) is 2.12. The highest BCUT2D eigenvalue weighted by Gasteiger charge is 2.07. The Labute approximate surface area is 117 Å². The molecule has 1 rings (SSSR count). The van der Waals surface area contributed by atoms with Crippen molar-refractivity contribution in [3.8, 4) is 5.75 Å². The topological polar surface area (TPSA) is 26.3 Å². The molecule has 0 heterocycles. The highest BCUT2D eigenvalue weighted by atomic mass is 79.9. The van der Waals surface area contributed by atoms with Crippen molar-refractivity contribution in [1.82, 2.24) is 0 Å². The Balaban J connectivity index is 2.84. The van der Waals surface area contributed by atoms with Gasteiger partial charge in [-0.1, -0.05) is 35.4 Å². The van der Waals surface area contributed by atoms with E-state index in [-0.39, 0.29) is 5.78 Å². The molecule has 98 valence electrons. The number of methoxy groups -OCH3 is 1. The number of ketones is 1. The average molecular weight is 311 g/mol. The maximum Gasteiger partial charge on any atom is 0.160 e. The zero-order valence-corrected chi connectivity index (χ0v) is 12.7. The second kappa shape index (κ2) is 7.37. The van der Waals surface area contributed by atoms with Crippen LogP contribution in [0.2, 0.25) is 0 Å². The van der Waals surface area contributed by atoms with Gasteiger partial charge in [-0.25, -0.2) is 0 Å². The van der Waals surface area contributed by atoms with Gasteiger partial charge in [0.2, 0.25) is 0 Å². The van der Waals surface area contributed by atoms with Crippen LogP contribution < -0.4 is 4.74 Å². The van der Waals surface area contributed by atoms with Crippen molar-refractivity contribution in [3.05, 3.63) is 39.9 Å². The van der Waals surface area contributed by atoms with Crippen molar-refractivity contribution < 1.29 is 9.53 Å². The lowest BCUT2D eigenvalue weighted by atomic mass is 10.0. The Morgan fingerprint density at radius 1 is 1.33 bits per heavy atom. The normalized spacial score (nSPS) is 10.0. The molecule has 0 aromatic heterocycles.